The summed E-state index contributed by atoms with van der Waals surface area (Å²) in [7, 11) is 0. The monoisotopic (exact) mass is 471 g/mol. The molecule has 1 atom stereocenters. The van der Waals surface area contributed by atoms with Crippen LogP contribution >= 0.6 is 0 Å². The summed E-state index contributed by atoms with van der Waals surface area (Å²) >= 11 is 0. The zero-order valence-electron chi connectivity index (χ0n) is 21.7. The Labute approximate surface area is 211 Å². The molecule has 2 N–H and O–H groups in total. The number of hydrogen-bond acceptors (Lipinski definition) is 3. The predicted octanol–water partition coefficient (Wildman–Crippen LogP) is 6.58. The number of rotatable bonds is 7. The number of benzene rings is 3. The average Bonchev–Trinajstić information content (AvgIpc) is 2.89. The van der Waals surface area contributed by atoms with Gasteiger partial charge in [-0.15, -0.1) is 0 Å². The Kier molecular flexibility index (Phi) is 7.51. The van der Waals surface area contributed by atoms with E-state index in [1.54, 1.807) is 0 Å². The fourth-order valence-electron chi connectivity index (χ4n) is 5.76. The summed E-state index contributed by atoms with van der Waals surface area (Å²) in [4.78, 5) is 2.23. The van der Waals surface area contributed by atoms with E-state index in [9.17, 15) is 10.2 Å². The third-order valence-electron chi connectivity index (χ3n) is 7.85. The van der Waals surface area contributed by atoms with Gasteiger partial charge in [-0.2, -0.15) is 0 Å². The maximum atomic E-state index is 12.2. The largest absolute Gasteiger partial charge is 0.380 e. The van der Waals surface area contributed by atoms with Crippen LogP contribution in [0.15, 0.2) is 84.9 Å². The molecule has 186 valence electrons. The molecule has 1 unspecified atom stereocenters. The molecule has 3 aromatic carbocycles. The summed E-state index contributed by atoms with van der Waals surface area (Å²) in [6.45, 7) is 10.3. The third kappa shape index (κ3) is 5.09. The highest BCUT2D eigenvalue weighted by atomic mass is 16.3. The molecule has 3 heteroatoms. The number of aliphatic hydroxyl groups is 2. The lowest BCUT2D eigenvalue weighted by atomic mass is 9.71. The van der Waals surface area contributed by atoms with Gasteiger partial charge in [-0.1, -0.05) is 119 Å². The highest BCUT2D eigenvalue weighted by molar-refractivity contribution is 5.37. The summed E-state index contributed by atoms with van der Waals surface area (Å²) in [5, 5.41) is 24.2. The van der Waals surface area contributed by atoms with Crippen LogP contribution in [0.25, 0.3) is 0 Å². The van der Waals surface area contributed by atoms with Crippen molar-refractivity contribution in [1.29, 1.82) is 0 Å². The van der Waals surface area contributed by atoms with E-state index in [4.69, 9.17) is 0 Å². The van der Waals surface area contributed by atoms with Gasteiger partial charge in [-0.3, -0.25) is 4.90 Å². The van der Waals surface area contributed by atoms with Crippen LogP contribution in [0.4, 0.5) is 0 Å². The Morgan fingerprint density at radius 1 is 0.686 bits per heavy atom. The van der Waals surface area contributed by atoms with E-state index in [0.29, 0.717) is 6.42 Å². The van der Waals surface area contributed by atoms with Crippen LogP contribution in [0.3, 0.4) is 0 Å². The lowest BCUT2D eigenvalue weighted by molar-refractivity contribution is -0.144. The quantitative estimate of drug-likeness (QED) is 0.409. The molecule has 0 radical (unpaired) electrons. The van der Waals surface area contributed by atoms with Crippen molar-refractivity contribution in [2.24, 2.45) is 5.92 Å². The van der Waals surface area contributed by atoms with Crippen LogP contribution < -0.4 is 0 Å². The molecule has 3 nitrogen and oxygen atoms in total. The molecule has 0 aliphatic carbocycles. The Bertz CT molecular complexity index is 1020. The van der Waals surface area contributed by atoms with E-state index < -0.39 is 11.3 Å². The molecule has 3 aromatic rings. The molecular weight excluding hydrogens is 430 g/mol. The zero-order chi connectivity index (χ0) is 25.1. The van der Waals surface area contributed by atoms with Crippen LogP contribution in [0.5, 0.6) is 0 Å². The minimum Gasteiger partial charge on any atom is -0.380 e. The number of nitrogens with zero attached hydrogens (tertiary/aromatic N) is 1. The molecule has 1 heterocycles. The first-order valence-corrected chi connectivity index (χ1v) is 13.1. The first-order valence-electron chi connectivity index (χ1n) is 13.1. The van der Waals surface area contributed by atoms with Gasteiger partial charge in [0.05, 0.1) is 0 Å². The summed E-state index contributed by atoms with van der Waals surface area (Å²) in [6, 6.07) is 28.6. The molecule has 1 fully saturated rings. The highest BCUT2D eigenvalue weighted by Gasteiger charge is 2.45. The van der Waals surface area contributed by atoms with Crippen LogP contribution in [0.1, 0.15) is 75.6 Å². The van der Waals surface area contributed by atoms with E-state index >= 15 is 0 Å². The Hall–Kier alpha value is -2.46. The topological polar surface area (TPSA) is 43.7 Å². The molecule has 4 rings (SSSR count). The number of likely N-dealkylation sites (tertiary alicyclic amines) is 1. The van der Waals surface area contributed by atoms with E-state index in [1.165, 1.54) is 5.56 Å². The number of hydrogen-bond donors (Lipinski definition) is 2. The normalized spacial score (nSPS) is 17.8. The van der Waals surface area contributed by atoms with Crippen molar-refractivity contribution in [3.05, 3.63) is 107 Å². The zero-order valence-corrected chi connectivity index (χ0v) is 21.7. The fraction of sp³-hybridized carbons (Fsp3) is 0.438. The van der Waals surface area contributed by atoms with Gasteiger partial charge in [0.15, 0.2) is 0 Å². The van der Waals surface area contributed by atoms with Gasteiger partial charge in [0, 0.05) is 13.1 Å². The molecule has 35 heavy (non-hydrogen) atoms. The van der Waals surface area contributed by atoms with Crippen molar-refractivity contribution in [3.8, 4) is 0 Å². The van der Waals surface area contributed by atoms with Gasteiger partial charge in [0.25, 0.3) is 0 Å². The van der Waals surface area contributed by atoms with Gasteiger partial charge >= 0.3 is 0 Å². The van der Waals surface area contributed by atoms with E-state index in [-0.39, 0.29) is 11.3 Å². The maximum Gasteiger partial charge on any atom is 0.144 e. The molecule has 1 aliphatic rings. The SMILES string of the molecule is CCCC(O)(c1ccc(C(C)(C)C)cc1)N1CCC(C(O)(c2ccccc2)c2ccccc2)CC1. The molecule has 1 saturated heterocycles. The van der Waals surface area contributed by atoms with Gasteiger partial charge in [0.1, 0.15) is 11.3 Å². The van der Waals surface area contributed by atoms with Gasteiger partial charge in [-0.05, 0) is 52.8 Å². The summed E-state index contributed by atoms with van der Waals surface area (Å²) in [5.41, 5.74) is 2.15. The van der Waals surface area contributed by atoms with Crippen LogP contribution in [0.2, 0.25) is 0 Å². The molecule has 0 bridgehead atoms. The third-order valence-corrected chi connectivity index (χ3v) is 7.85. The highest BCUT2D eigenvalue weighted by Crippen LogP contribution is 2.44. The summed E-state index contributed by atoms with van der Waals surface area (Å²) in [5.74, 6) is 0.0673. The molecule has 0 spiro atoms. The lowest BCUT2D eigenvalue weighted by Crippen LogP contribution is -2.52. The van der Waals surface area contributed by atoms with E-state index in [2.05, 4.69) is 56.9 Å². The van der Waals surface area contributed by atoms with Crippen molar-refractivity contribution in [2.45, 2.75) is 70.1 Å². The minimum absolute atomic E-state index is 0.0673. The van der Waals surface area contributed by atoms with Crippen molar-refractivity contribution in [2.75, 3.05) is 13.1 Å². The first kappa shape index (κ1) is 25.6. The predicted molar refractivity (Wildman–Crippen MR) is 144 cm³/mol. The maximum absolute atomic E-state index is 12.2. The van der Waals surface area contributed by atoms with Crippen molar-refractivity contribution >= 4 is 0 Å². The summed E-state index contributed by atoms with van der Waals surface area (Å²) in [6.07, 6.45) is 3.21. The van der Waals surface area contributed by atoms with E-state index in [1.807, 2.05) is 60.7 Å². The van der Waals surface area contributed by atoms with Crippen molar-refractivity contribution in [1.82, 2.24) is 4.90 Å². The summed E-state index contributed by atoms with van der Waals surface area (Å²) < 4.78 is 0. The molecular formula is C32H41NO2. The lowest BCUT2D eigenvalue weighted by Gasteiger charge is -2.47. The molecule has 0 saturated carbocycles. The second-order valence-electron chi connectivity index (χ2n) is 11.2. The van der Waals surface area contributed by atoms with Crippen LogP contribution in [0, 0.1) is 5.92 Å². The van der Waals surface area contributed by atoms with Crippen LogP contribution in [-0.4, -0.2) is 28.2 Å². The molecule has 1 aliphatic heterocycles. The smallest absolute Gasteiger partial charge is 0.144 e. The Morgan fingerprint density at radius 3 is 1.57 bits per heavy atom. The fourth-order valence-corrected chi connectivity index (χ4v) is 5.76. The molecule has 0 aromatic heterocycles. The minimum atomic E-state index is -1.05. The standard InChI is InChI=1S/C32H41NO2/c1-5-22-31(34,26-18-16-25(17-19-26)30(2,3)4)33-23-20-29(21-24-33)32(35,27-12-8-6-9-13-27)28-14-10-7-11-15-28/h6-19,29,34-35H,5,20-24H2,1-4H3. The van der Waals surface area contributed by atoms with Gasteiger partial charge < -0.3 is 10.2 Å². The van der Waals surface area contributed by atoms with Crippen molar-refractivity contribution in [3.63, 3.8) is 0 Å². The second kappa shape index (κ2) is 10.3. The van der Waals surface area contributed by atoms with Gasteiger partial charge in [0.2, 0.25) is 0 Å². The van der Waals surface area contributed by atoms with Crippen LogP contribution in [-0.2, 0) is 16.7 Å². The Morgan fingerprint density at radius 2 is 1.14 bits per heavy atom. The number of piperidine rings is 1. The average molecular weight is 472 g/mol. The Balaban J connectivity index is 1.60. The molecule has 0 amide bonds. The van der Waals surface area contributed by atoms with Gasteiger partial charge in [-0.25, -0.2) is 0 Å². The second-order valence-corrected chi connectivity index (χ2v) is 11.2. The van der Waals surface area contributed by atoms with Crippen molar-refractivity contribution < 1.29 is 10.2 Å². The van der Waals surface area contributed by atoms with E-state index in [0.717, 1.165) is 49.0 Å². The first-order chi connectivity index (χ1) is 16.7.